The average Bonchev–Trinajstić information content (AvgIpc) is 2.17. The maximum Gasteiger partial charge on any atom is 0.0771 e. The predicted molar refractivity (Wildman–Crippen MR) is 68.7 cm³/mol. The molecule has 1 fully saturated rings. The molecule has 0 bridgehead atoms. The van der Waals surface area contributed by atoms with Crippen molar-refractivity contribution in [2.45, 2.75) is 57.1 Å². The Kier molecular flexibility index (Phi) is 4.77. The van der Waals surface area contributed by atoms with Gasteiger partial charge in [-0.3, -0.25) is 0 Å². The SMILES string of the molecule is CN(C)C(C)(C)CNCC1(O)CCCCC1. The monoisotopic (exact) mass is 228 g/mol. The highest BCUT2D eigenvalue weighted by Gasteiger charge is 2.29. The molecule has 3 heteroatoms. The topological polar surface area (TPSA) is 35.5 Å². The molecule has 1 aliphatic rings. The van der Waals surface area contributed by atoms with Crippen molar-refractivity contribution in [3.05, 3.63) is 0 Å². The van der Waals surface area contributed by atoms with Gasteiger partial charge in [0.2, 0.25) is 0 Å². The number of rotatable bonds is 5. The molecule has 3 nitrogen and oxygen atoms in total. The summed E-state index contributed by atoms with van der Waals surface area (Å²) in [6, 6.07) is 0. The molecule has 1 saturated carbocycles. The summed E-state index contributed by atoms with van der Waals surface area (Å²) in [4.78, 5) is 2.21. The van der Waals surface area contributed by atoms with Crippen LogP contribution < -0.4 is 5.32 Å². The standard InChI is InChI=1S/C13H28N2O/c1-12(2,15(3)4)10-14-11-13(16)8-6-5-7-9-13/h14,16H,5-11H2,1-4H3. The molecular weight excluding hydrogens is 200 g/mol. The van der Waals surface area contributed by atoms with Crippen LogP contribution in [0.15, 0.2) is 0 Å². The lowest BCUT2D eigenvalue weighted by Gasteiger charge is -2.36. The fourth-order valence-corrected chi connectivity index (χ4v) is 2.15. The minimum atomic E-state index is -0.444. The van der Waals surface area contributed by atoms with Crippen LogP contribution in [0.25, 0.3) is 0 Å². The first-order valence-electron chi connectivity index (χ1n) is 6.46. The van der Waals surface area contributed by atoms with Gasteiger partial charge in [0.25, 0.3) is 0 Å². The predicted octanol–water partition coefficient (Wildman–Crippen LogP) is 1.61. The van der Waals surface area contributed by atoms with E-state index in [2.05, 4.69) is 38.2 Å². The summed E-state index contributed by atoms with van der Waals surface area (Å²) in [6.07, 6.45) is 5.56. The van der Waals surface area contributed by atoms with Gasteiger partial charge in [0.1, 0.15) is 0 Å². The second-order valence-corrected chi connectivity index (χ2v) is 6.10. The van der Waals surface area contributed by atoms with Crippen molar-refractivity contribution in [3.63, 3.8) is 0 Å². The zero-order valence-electron chi connectivity index (χ0n) is 11.3. The smallest absolute Gasteiger partial charge is 0.0771 e. The Hall–Kier alpha value is -0.120. The lowest BCUT2D eigenvalue weighted by Crippen LogP contribution is -2.51. The molecule has 0 amide bonds. The molecule has 0 atom stereocenters. The average molecular weight is 228 g/mol. The van der Waals surface area contributed by atoms with E-state index in [0.717, 1.165) is 25.9 Å². The number of nitrogens with one attached hydrogen (secondary N) is 1. The number of likely N-dealkylation sites (N-methyl/N-ethyl adjacent to an activating group) is 1. The normalized spacial score (nSPS) is 21.4. The summed E-state index contributed by atoms with van der Waals surface area (Å²) >= 11 is 0. The molecule has 1 aliphatic carbocycles. The minimum Gasteiger partial charge on any atom is -0.389 e. The van der Waals surface area contributed by atoms with Crippen LogP contribution in [0.2, 0.25) is 0 Å². The van der Waals surface area contributed by atoms with E-state index in [-0.39, 0.29) is 5.54 Å². The second kappa shape index (κ2) is 5.48. The van der Waals surface area contributed by atoms with Crippen LogP contribution in [0.1, 0.15) is 46.0 Å². The van der Waals surface area contributed by atoms with Crippen LogP contribution >= 0.6 is 0 Å². The van der Waals surface area contributed by atoms with Gasteiger partial charge >= 0.3 is 0 Å². The van der Waals surface area contributed by atoms with Crippen molar-refractivity contribution in [2.24, 2.45) is 0 Å². The third-order valence-corrected chi connectivity index (χ3v) is 4.01. The summed E-state index contributed by atoms with van der Waals surface area (Å²) in [5.41, 5.74) is -0.300. The zero-order chi connectivity index (χ0) is 12.2. The first-order valence-corrected chi connectivity index (χ1v) is 6.46. The Labute approximate surface area is 100 Å². The van der Waals surface area contributed by atoms with E-state index >= 15 is 0 Å². The van der Waals surface area contributed by atoms with Gasteiger partial charge in [-0.2, -0.15) is 0 Å². The van der Waals surface area contributed by atoms with Gasteiger partial charge in [0.15, 0.2) is 0 Å². The molecule has 0 aromatic heterocycles. The molecule has 0 heterocycles. The van der Waals surface area contributed by atoms with Crippen LogP contribution in [-0.2, 0) is 0 Å². The lowest BCUT2D eigenvalue weighted by atomic mass is 9.85. The van der Waals surface area contributed by atoms with Gasteiger partial charge in [-0.15, -0.1) is 0 Å². The maximum atomic E-state index is 10.3. The molecule has 96 valence electrons. The first kappa shape index (κ1) is 13.9. The summed E-state index contributed by atoms with van der Waals surface area (Å²) < 4.78 is 0. The highest BCUT2D eigenvalue weighted by atomic mass is 16.3. The van der Waals surface area contributed by atoms with Crippen LogP contribution in [0.4, 0.5) is 0 Å². The third kappa shape index (κ3) is 4.04. The highest BCUT2D eigenvalue weighted by molar-refractivity contribution is 4.87. The molecule has 0 unspecified atom stereocenters. The molecule has 2 N–H and O–H groups in total. The summed E-state index contributed by atoms with van der Waals surface area (Å²) in [5, 5.41) is 13.8. The molecular formula is C13H28N2O. The van der Waals surface area contributed by atoms with E-state index < -0.39 is 5.60 Å². The highest BCUT2D eigenvalue weighted by Crippen LogP contribution is 2.27. The number of hydrogen-bond acceptors (Lipinski definition) is 3. The Morgan fingerprint density at radius 1 is 1.19 bits per heavy atom. The Bertz CT molecular complexity index is 208. The first-order chi connectivity index (χ1) is 7.36. The minimum absolute atomic E-state index is 0.144. The molecule has 0 saturated heterocycles. The zero-order valence-corrected chi connectivity index (χ0v) is 11.3. The molecule has 1 rings (SSSR count). The Morgan fingerprint density at radius 2 is 1.75 bits per heavy atom. The fraction of sp³-hybridized carbons (Fsp3) is 1.00. The van der Waals surface area contributed by atoms with Gasteiger partial charge in [-0.1, -0.05) is 19.3 Å². The molecule has 16 heavy (non-hydrogen) atoms. The van der Waals surface area contributed by atoms with Crippen LogP contribution in [0.3, 0.4) is 0 Å². The van der Waals surface area contributed by atoms with E-state index in [1.807, 2.05) is 0 Å². The van der Waals surface area contributed by atoms with Gasteiger partial charge in [0.05, 0.1) is 5.60 Å². The molecule has 0 aliphatic heterocycles. The number of hydrogen-bond donors (Lipinski definition) is 2. The second-order valence-electron chi connectivity index (χ2n) is 6.10. The molecule has 0 spiro atoms. The molecule has 0 aromatic rings. The third-order valence-electron chi connectivity index (χ3n) is 4.01. The van der Waals surface area contributed by atoms with E-state index in [1.54, 1.807) is 0 Å². The van der Waals surface area contributed by atoms with Gasteiger partial charge in [-0.25, -0.2) is 0 Å². The molecule has 0 aromatic carbocycles. The van der Waals surface area contributed by atoms with Crippen LogP contribution in [0.5, 0.6) is 0 Å². The van der Waals surface area contributed by atoms with E-state index in [4.69, 9.17) is 0 Å². The quantitative estimate of drug-likeness (QED) is 0.750. The maximum absolute atomic E-state index is 10.3. The summed E-state index contributed by atoms with van der Waals surface area (Å²) in [5.74, 6) is 0. The van der Waals surface area contributed by atoms with Crippen molar-refractivity contribution < 1.29 is 5.11 Å². The van der Waals surface area contributed by atoms with Gasteiger partial charge in [-0.05, 0) is 40.8 Å². The Balaban J connectivity index is 2.29. The van der Waals surface area contributed by atoms with Crippen molar-refractivity contribution in [1.82, 2.24) is 10.2 Å². The van der Waals surface area contributed by atoms with E-state index in [9.17, 15) is 5.11 Å². The van der Waals surface area contributed by atoms with Gasteiger partial charge < -0.3 is 15.3 Å². The fourth-order valence-electron chi connectivity index (χ4n) is 2.15. The Morgan fingerprint density at radius 3 is 2.25 bits per heavy atom. The molecule has 0 radical (unpaired) electrons. The van der Waals surface area contributed by atoms with Crippen molar-refractivity contribution >= 4 is 0 Å². The lowest BCUT2D eigenvalue weighted by molar-refractivity contribution is 0.00255. The van der Waals surface area contributed by atoms with Crippen molar-refractivity contribution in [3.8, 4) is 0 Å². The van der Waals surface area contributed by atoms with Crippen molar-refractivity contribution in [1.29, 1.82) is 0 Å². The van der Waals surface area contributed by atoms with Crippen molar-refractivity contribution in [2.75, 3.05) is 27.2 Å². The number of aliphatic hydroxyl groups is 1. The largest absolute Gasteiger partial charge is 0.389 e. The van der Waals surface area contributed by atoms with Gasteiger partial charge in [0, 0.05) is 18.6 Å². The summed E-state index contributed by atoms with van der Waals surface area (Å²) in [6.45, 7) is 6.09. The van der Waals surface area contributed by atoms with E-state index in [1.165, 1.54) is 19.3 Å². The van der Waals surface area contributed by atoms with E-state index in [0.29, 0.717) is 0 Å². The summed E-state index contributed by atoms with van der Waals surface area (Å²) in [7, 11) is 4.19. The van der Waals surface area contributed by atoms with Crippen LogP contribution in [0, 0.1) is 0 Å². The number of nitrogens with zero attached hydrogens (tertiary/aromatic N) is 1. The van der Waals surface area contributed by atoms with Crippen LogP contribution in [-0.4, -0.2) is 48.3 Å².